The molecule has 0 aliphatic rings. The predicted octanol–water partition coefficient (Wildman–Crippen LogP) is 0.183. The van der Waals surface area contributed by atoms with Crippen molar-refractivity contribution < 1.29 is 4.79 Å². The molecule has 1 aromatic rings. The molecule has 0 bridgehead atoms. The summed E-state index contributed by atoms with van der Waals surface area (Å²) in [5.74, 6) is -0.161. The molecule has 1 atom stereocenters. The zero-order valence-electron chi connectivity index (χ0n) is 10.3. The summed E-state index contributed by atoms with van der Waals surface area (Å²) in [6.45, 7) is 4.59. The molecule has 1 amide bonds. The monoisotopic (exact) mass is 237 g/mol. The molecule has 1 rings (SSSR count). The highest BCUT2D eigenvalue weighted by molar-refractivity contribution is 5.80. The lowest BCUT2D eigenvalue weighted by Crippen LogP contribution is -2.38. The smallest absolute Gasteiger partial charge is 0.251 e. The lowest BCUT2D eigenvalue weighted by Gasteiger charge is -2.18. The largest absolute Gasteiger partial charge is 0.353 e. The van der Waals surface area contributed by atoms with Crippen molar-refractivity contribution in [1.29, 1.82) is 0 Å². The first-order chi connectivity index (χ1) is 8.10. The molecule has 0 radical (unpaired) electrons. The van der Waals surface area contributed by atoms with Crippen LogP contribution in [0.5, 0.6) is 0 Å². The second kappa shape index (κ2) is 6.20. The van der Waals surface area contributed by atoms with Gasteiger partial charge in [-0.1, -0.05) is 13.0 Å². The van der Waals surface area contributed by atoms with E-state index in [0.29, 0.717) is 19.5 Å². The van der Waals surface area contributed by atoms with E-state index in [4.69, 9.17) is 5.73 Å². The molecule has 5 heteroatoms. The molecule has 94 valence electrons. The van der Waals surface area contributed by atoms with Crippen molar-refractivity contribution in [3.05, 3.63) is 34.2 Å². The van der Waals surface area contributed by atoms with Crippen molar-refractivity contribution in [2.75, 3.05) is 13.1 Å². The van der Waals surface area contributed by atoms with Gasteiger partial charge in [-0.25, -0.2) is 0 Å². The lowest BCUT2D eigenvalue weighted by molar-refractivity contribution is -0.124. The van der Waals surface area contributed by atoms with E-state index in [1.54, 1.807) is 12.3 Å². The van der Waals surface area contributed by atoms with E-state index >= 15 is 0 Å². The summed E-state index contributed by atoms with van der Waals surface area (Å²) >= 11 is 0. The summed E-state index contributed by atoms with van der Waals surface area (Å²) in [5, 5.41) is 2.70. The second-order valence-electron chi connectivity index (χ2n) is 3.96. The van der Waals surface area contributed by atoms with Gasteiger partial charge < -0.3 is 15.6 Å². The standard InChI is InChI=1S/C12H19N3O2/c1-3-10(12(17)14-7-6-13)15-8-9(2)4-5-11(15)16/h4-5,8,10H,3,6-7,13H2,1-2H3,(H,14,17). The fourth-order valence-electron chi connectivity index (χ4n) is 1.68. The molecule has 0 spiro atoms. The van der Waals surface area contributed by atoms with E-state index in [9.17, 15) is 9.59 Å². The Bertz CT molecular complexity index is 440. The number of aryl methyl sites for hydroxylation is 1. The predicted molar refractivity (Wildman–Crippen MR) is 66.8 cm³/mol. The number of nitrogens with zero attached hydrogens (tertiary/aromatic N) is 1. The Hall–Kier alpha value is -1.62. The van der Waals surface area contributed by atoms with Crippen LogP contribution >= 0.6 is 0 Å². The van der Waals surface area contributed by atoms with Crippen molar-refractivity contribution >= 4 is 5.91 Å². The first kappa shape index (κ1) is 13.4. The molecule has 0 saturated carbocycles. The minimum atomic E-state index is -0.464. The number of amides is 1. The van der Waals surface area contributed by atoms with Gasteiger partial charge in [-0.2, -0.15) is 0 Å². The molecule has 0 aliphatic heterocycles. The third-order valence-corrected chi connectivity index (χ3v) is 2.55. The van der Waals surface area contributed by atoms with Crippen LogP contribution in [0.1, 0.15) is 24.9 Å². The molecule has 0 aliphatic carbocycles. The molecule has 3 N–H and O–H groups in total. The van der Waals surface area contributed by atoms with E-state index in [2.05, 4.69) is 5.32 Å². The maximum atomic E-state index is 11.9. The van der Waals surface area contributed by atoms with Crippen molar-refractivity contribution in [1.82, 2.24) is 9.88 Å². The van der Waals surface area contributed by atoms with Gasteiger partial charge in [0.25, 0.3) is 5.56 Å². The molecular formula is C12H19N3O2. The molecule has 1 heterocycles. The van der Waals surface area contributed by atoms with Crippen molar-refractivity contribution in [3.8, 4) is 0 Å². The van der Waals surface area contributed by atoms with Gasteiger partial charge in [0.05, 0.1) is 0 Å². The molecule has 17 heavy (non-hydrogen) atoms. The average Bonchev–Trinajstić information content (AvgIpc) is 2.32. The van der Waals surface area contributed by atoms with Crippen LogP contribution in [-0.2, 0) is 4.79 Å². The fourth-order valence-corrected chi connectivity index (χ4v) is 1.68. The zero-order chi connectivity index (χ0) is 12.8. The minimum absolute atomic E-state index is 0.161. The summed E-state index contributed by atoms with van der Waals surface area (Å²) in [6.07, 6.45) is 2.28. The Morgan fingerprint density at radius 1 is 1.53 bits per heavy atom. The normalized spacial score (nSPS) is 12.2. The number of carbonyl (C=O) groups excluding carboxylic acids is 1. The maximum Gasteiger partial charge on any atom is 0.251 e. The maximum absolute atomic E-state index is 11.9. The first-order valence-electron chi connectivity index (χ1n) is 5.76. The molecule has 0 fully saturated rings. The van der Waals surface area contributed by atoms with Crippen LogP contribution in [0.25, 0.3) is 0 Å². The van der Waals surface area contributed by atoms with E-state index in [1.165, 1.54) is 10.6 Å². The topological polar surface area (TPSA) is 77.1 Å². The second-order valence-corrected chi connectivity index (χ2v) is 3.96. The number of rotatable bonds is 5. The van der Waals surface area contributed by atoms with Gasteiger partial charge in [0, 0.05) is 25.4 Å². The number of aromatic nitrogens is 1. The molecular weight excluding hydrogens is 218 g/mol. The average molecular weight is 237 g/mol. The van der Waals surface area contributed by atoms with Gasteiger partial charge in [0.2, 0.25) is 5.91 Å². The van der Waals surface area contributed by atoms with E-state index in [-0.39, 0.29) is 11.5 Å². The van der Waals surface area contributed by atoms with Crippen LogP contribution in [0.2, 0.25) is 0 Å². The van der Waals surface area contributed by atoms with Gasteiger partial charge in [-0.3, -0.25) is 9.59 Å². The van der Waals surface area contributed by atoms with Gasteiger partial charge in [-0.15, -0.1) is 0 Å². The van der Waals surface area contributed by atoms with Crippen LogP contribution in [0.4, 0.5) is 0 Å². The van der Waals surface area contributed by atoms with Gasteiger partial charge in [0.1, 0.15) is 6.04 Å². The number of nitrogens with two attached hydrogens (primary N) is 1. The Balaban J connectivity index is 2.97. The Morgan fingerprint density at radius 2 is 2.24 bits per heavy atom. The minimum Gasteiger partial charge on any atom is -0.353 e. The Labute approximate surface area is 101 Å². The molecule has 0 aromatic carbocycles. The lowest BCUT2D eigenvalue weighted by atomic mass is 10.2. The third kappa shape index (κ3) is 3.42. The summed E-state index contributed by atoms with van der Waals surface area (Å²) < 4.78 is 1.47. The van der Waals surface area contributed by atoms with Crippen molar-refractivity contribution in [3.63, 3.8) is 0 Å². The van der Waals surface area contributed by atoms with Crippen LogP contribution in [0, 0.1) is 6.92 Å². The first-order valence-corrected chi connectivity index (χ1v) is 5.76. The number of carbonyl (C=O) groups is 1. The fraction of sp³-hybridized carbons (Fsp3) is 0.500. The number of hydrogen-bond donors (Lipinski definition) is 2. The quantitative estimate of drug-likeness (QED) is 0.767. The van der Waals surface area contributed by atoms with Crippen LogP contribution < -0.4 is 16.6 Å². The van der Waals surface area contributed by atoms with E-state index in [0.717, 1.165) is 5.56 Å². The summed E-state index contributed by atoms with van der Waals surface area (Å²) in [7, 11) is 0. The highest BCUT2D eigenvalue weighted by Gasteiger charge is 2.18. The third-order valence-electron chi connectivity index (χ3n) is 2.55. The number of hydrogen-bond acceptors (Lipinski definition) is 3. The number of pyridine rings is 1. The Morgan fingerprint density at radius 3 is 2.82 bits per heavy atom. The molecule has 5 nitrogen and oxygen atoms in total. The number of nitrogens with one attached hydrogen (secondary N) is 1. The highest BCUT2D eigenvalue weighted by atomic mass is 16.2. The van der Waals surface area contributed by atoms with Crippen molar-refractivity contribution in [2.45, 2.75) is 26.3 Å². The zero-order valence-corrected chi connectivity index (χ0v) is 10.3. The molecule has 1 aromatic heterocycles. The Kier molecular flexibility index (Phi) is 4.90. The summed E-state index contributed by atoms with van der Waals surface area (Å²) in [5.41, 5.74) is 6.12. The van der Waals surface area contributed by atoms with Gasteiger partial charge >= 0.3 is 0 Å². The van der Waals surface area contributed by atoms with Gasteiger partial charge in [-0.05, 0) is 18.9 Å². The van der Waals surface area contributed by atoms with E-state index < -0.39 is 6.04 Å². The van der Waals surface area contributed by atoms with Crippen LogP contribution in [-0.4, -0.2) is 23.6 Å². The van der Waals surface area contributed by atoms with E-state index in [1.807, 2.05) is 13.8 Å². The van der Waals surface area contributed by atoms with Crippen molar-refractivity contribution in [2.24, 2.45) is 5.73 Å². The molecule has 1 unspecified atom stereocenters. The van der Waals surface area contributed by atoms with Crippen LogP contribution in [0.15, 0.2) is 23.1 Å². The van der Waals surface area contributed by atoms with Crippen LogP contribution in [0.3, 0.4) is 0 Å². The summed E-state index contributed by atoms with van der Waals surface area (Å²) in [4.78, 5) is 23.6. The SMILES string of the molecule is CCC(C(=O)NCCN)n1cc(C)ccc1=O. The van der Waals surface area contributed by atoms with Gasteiger partial charge in [0.15, 0.2) is 0 Å². The highest BCUT2D eigenvalue weighted by Crippen LogP contribution is 2.09. The summed E-state index contributed by atoms with van der Waals surface area (Å²) in [6, 6.07) is 2.76. The molecule has 0 saturated heterocycles.